The molecule has 0 fully saturated rings. The van der Waals surface area contributed by atoms with E-state index in [1.54, 1.807) is 11.9 Å². The molecule has 1 amide bonds. The molecule has 0 aliphatic rings. The van der Waals surface area contributed by atoms with Crippen LogP contribution in [0.2, 0.25) is 0 Å². The molecule has 0 heterocycles. The standard InChI is InChI=1S/C13H28N2O2/c1-10(13(5,6)8-9-14)15(7)11(16)17-12(2,3)4/h10H,8-9,14H2,1-7H3. The molecular formula is C13H28N2O2. The Bertz CT molecular complexity index is 257. The Morgan fingerprint density at radius 1 is 1.29 bits per heavy atom. The molecule has 1 unspecified atom stereocenters. The highest BCUT2D eigenvalue weighted by atomic mass is 16.6. The van der Waals surface area contributed by atoms with Gasteiger partial charge in [-0.1, -0.05) is 13.8 Å². The maximum absolute atomic E-state index is 11.9. The molecule has 1 atom stereocenters. The number of hydrogen-bond donors (Lipinski definition) is 1. The summed E-state index contributed by atoms with van der Waals surface area (Å²) >= 11 is 0. The zero-order chi connectivity index (χ0) is 13.9. The number of ether oxygens (including phenoxy) is 1. The number of carbonyl (C=O) groups excluding carboxylic acids is 1. The fraction of sp³-hybridized carbons (Fsp3) is 0.923. The van der Waals surface area contributed by atoms with Crippen molar-refractivity contribution in [2.45, 2.75) is 59.6 Å². The number of rotatable bonds is 4. The second-order valence-electron chi connectivity index (χ2n) is 6.29. The third kappa shape index (κ3) is 5.39. The second kappa shape index (κ2) is 5.71. The number of amides is 1. The van der Waals surface area contributed by atoms with Gasteiger partial charge in [0.25, 0.3) is 0 Å². The highest BCUT2D eigenvalue weighted by Crippen LogP contribution is 2.28. The van der Waals surface area contributed by atoms with Crippen molar-refractivity contribution in [1.82, 2.24) is 4.90 Å². The van der Waals surface area contributed by atoms with Gasteiger partial charge < -0.3 is 15.4 Å². The lowest BCUT2D eigenvalue weighted by Crippen LogP contribution is -2.46. The first-order valence-electron chi connectivity index (χ1n) is 6.17. The van der Waals surface area contributed by atoms with Crippen molar-refractivity contribution in [1.29, 1.82) is 0 Å². The van der Waals surface area contributed by atoms with E-state index in [0.717, 1.165) is 6.42 Å². The summed E-state index contributed by atoms with van der Waals surface area (Å²) in [6.07, 6.45) is 0.594. The molecule has 4 nitrogen and oxygen atoms in total. The molecule has 0 spiro atoms. The Balaban J connectivity index is 4.59. The highest BCUT2D eigenvalue weighted by Gasteiger charge is 2.32. The van der Waals surface area contributed by atoms with E-state index in [1.807, 2.05) is 27.7 Å². The minimum Gasteiger partial charge on any atom is -0.444 e. The van der Waals surface area contributed by atoms with Crippen LogP contribution in [-0.4, -0.2) is 36.2 Å². The van der Waals surface area contributed by atoms with E-state index in [2.05, 4.69) is 13.8 Å². The van der Waals surface area contributed by atoms with E-state index in [1.165, 1.54) is 0 Å². The number of nitrogens with zero attached hydrogens (tertiary/aromatic N) is 1. The lowest BCUT2D eigenvalue weighted by atomic mass is 9.81. The van der Waals surface area contributed by atoms with Crippen molar-refractivity contribution in [3.8, 4) is 0 Å². The van der Waals surface area contributed by atoms with Crippen molar-refractivity contribution < 1.29 is 9.53 Å². The molecule has 0 rings (SSSR count). The summed E-state index contributed by atoms with van der Waals surface area (Å²) in [4.78, 5) is 13.6. The van der Waals surface area contributed by atoms with E-state index in [9.17, 15) is 4.79 Å². The first-order valence-corrected chi connectivity index (χ1v) is 6.17. The molecule has 0 aliphatic heterocycles. The van der Waals surface area contributed by atoms with Crippen LogP contribution >= 0.6 is 0 Å². The molecule has 0 aromatic carbocycles. The van der Waals surface area contributed by atoms with Crippen LogP contribution in [0.5, 0.6) is 0 Å². The van der Waals surface area contributed by atoms with Gasteiger partial charge in [0.2, 0.25) is 0 Å². The molecule has 102 valence electrons. The Kier molecular flexibility index (Phi) is 5.46. The average Bonchev–Trinajstić information content (AvgIpc) is 2.12. The van der Waals surface area contributed by atoms with Crippen LogP contribution in [0.15, 0.2) is 0 Å². The molecule has 17 heavy (non-hydrogen) atoms. The van der Waals surface area contributed by atoms with Crippen molar-refractivity contribution in [2.75, 3.05) is 13.6 Å². The van der Waals surface area contributed by atoms with Crippen LogP contribution in [0.25, 0.3) is 0 Å². The first-order chi connectivity index (χ1) is 7.51. The monoisotopic (exact) mass is 244 g/mol. The zero-order valence-electron chi connectivity index (χ0n) is 12.3. The summed E-state index contributed by atoms with van der Waals surface area (Å²) in [5.41, 5.74) is 5.13. The largest absolute Gasteiger partial charge is 0.444 e. The number of carbonyl (C=O) groups is 1. The molecular weight excluding hydrogens is 216 g/mol. The van der Waals surface area contributed by atoms with E-state index in [0.29, 0.717) is 6.54 Å². The normalized spacial score (nSPS) is 14.4. The quantitative estimate of drug-likeness (QED) is 0.827. The molecule has 0 aromatic rings. The molecule has 2 N–H and O–H groups in total. The van der Waals surface area contributed by atoms with Crippen molar-refractivity contribution in [3.63, 3.8) is 0 Å². The van der Waals surface area contributed by atoms with Crippen LogP contribution in [0.3, 0.4) is 0 Å². The minimum absolute atomic E-state index is 0.0135. The summed E-state index contributed by atoms with van der Waals surface area (Å²) < 4.78 is 5.35. The third-order valence-electron chi connectivity index (χ3n) is 3.18. The third-order valence-corrected chi connectivity index (χ3v) is 3.18. The lowest BCUT2D eigenvalue weighted by Gasteiger charge is -2.38. The first kappa shape index (κ1) is 16.2. The summed E-state index contributed by atoms with van der Waals surface area (Å²) in [5.74, 6) is 0. The summed E-state index contributed by atoms with van der Waals surface area (Å²) in [5, 5.41) is 0. The van der Waals surface area contributed by atoms with E-state index >= 15 is 0 Å². The Labute approximate surface area is 105 Å². The van der Waals surface area contributed by atoms with E-state index in [4.69, 9.17) is 10.5 Å². The van der Waals surface area contributed by atoms with Crippen LogP contribution in [-0.2, 0) is 4.74 Å². The average molecular weight is 244 g/mol. The van der Waals surface area contributed by atoms with Crippen molar-refractivity contribution >= 4 is 6.09 Å². The van der Waals surface area contributed by atoms with Crippen LogP contribution in [0.4, 0.5) is 4.79 Å². The van der Waals surface area contributed by atoms with Crippen molar-refractivity contribution in [2.24, 2.45) is 11.1 Å². The predicted molar refractivity (Wildman–Crippen MR) is 70.9 cm³/mol. The van der Waals surface area contributed by atoms with Gasteiger partial charge in [0.15, 0.2) is 0 Å². The van der Waals surface area contributed by atoms with Crippen LogP contribution in [0, 0.1) is 5.41 Å². The Hall–Kier alpha value is -0.770. The summed E-state index contributed by atoms with van der Waals surface area (Å²) in [6, 6.07) is 0.0842. The fourth-order valence-electron chi connectivity index (χ4n) is 1.60. The van der Waals surface area contributed by atoms with Crippen molar-refractivity contribution in [3.05, 3.63) is 0 Å². The van der Waals surface area contributed by atoms with Gasteiger partial charge in [0.1, 0.15) is 5.60 Å². The molecule has 0 bridgehead atoms. The van der Waals surface area contributed by atoms with Gasteiger partial charge in [0.05, 0.1) is 0 Å². The summed E-state index contributed by atoms with van der Waals surface area (Å²) in [7, 11) is 1.77. The van der Waals surface area contributed by atoms with E-state index < -0.39 is 5.60 Å². The Morgan fingerprint density at radius 3 is 2.12 bits per heavy atom. The lowest BCUT2D eigenvalue weighted by molar-refractivity contribution is 0.0102. The Morgan fingerprint density at radius 2 is 1.76 bits per heavy atom. The maximum Gasteiger partial charge on any atom is 0.410 e. The smallest absolute Gasteiger partial charge is 0.410 e. The molecule has 0 aromatic heterocycles. The number of hydrogen-bond acceptors (Lipinski definition) is 3. The minimum atomic E-state index is -0.455. The van der Waals surface area contributed by atoms with Crippen LogP contribution < -0.4 is 5.73 Å². The van der Waals surface area contributed by atoms with Gasteiger partial charge in [-0.2, -0.15) is 0 Å². The van der Waals surface area contributed by atoms with Gasteiger partial charge in [-0.25, -0.2) is 4.79 Å². The topological polar surface area (TPSA) is 55.6 Å². The predicted octanol–water partition coefficient (Wildman–Crippen LogP) is 2.62. The molecule has 0 saturated carbocycles. The van der Waals surface area contributed by atoms with Gasteiger partial charge in [-0.05, 0) is 46.1 Å². The second-order valence-corrected chi connectivity index (χ2v) is 6.29. The molecule has 4 heteroatoms. The SMILES string of the molecule is CC(N(C)C(=O)OC(C)(C)C)C(C)(C)CCN. The van der Waals surface area contributed by atoms with Gasteiger partial charge >= 0.3 is 6.09 Å². The van der Waals surface area contributed by atoms with Gasteiger partial charge in [-0.15, -0.1) is 0 Å². The van der Waals surface area contributed by atoms with Crippen LogP contribution in [0.1, 0.15) is 48.0 Å². The fourth-order valence-corrected chi connectivity index (χ4v) is 1.60. The highest BCUT2D eigenvalue weighted by molar-refractivity contribution is 5.68. The summed E-state index contributed by atoms with van der Waals surface area (Å²) in [6.45, 7) is 12.5. The maximum atomic E-state index is 11.9. The van der Waals surface area contributed by atoms with Gasteiger partial charge in [0, 0.05) is 13.1 Å². The molecule has 0 aliphatic carbocycles. The zero-order valence-corrected chi connectivity index (χ0v) is 12.3. The number of nitrogens with two attached hydrogens (primary N) is 1. The molecule has 0 saturated heterocycles. The van der Waals surface area contributed by atoms with Gasteiger partial charge in [-0.3, -0.25) is 0 Å². The molecule has 0 radical (unpaired) electrons. The van der Waals surface area contributed by atoms with E-state index in [-0.39, 0.29) is 17.6 Å².